The van der Waals surface area contributed by atoms with Crippen LogP contribution in [0.1, 0.15) is 18.9 Å². The quantitative estimate of drug-likeness (QED) is 0.613. The molecule has 0 aliphatic carbocycles. The van der Waals surface area contributed by atoms with Crippen LogP contribution in [0, 0.1) is 11.3 Å². The Morgan fingerprint density at radius 1 is 1.29 bits per heavy atom. The van der Waals surface area contributed by atoms with Gasteiger partial charge in [-0.25, -0.2) is 0 Å². The summed E-state index contributed by atoms with van der Waals surface area (Å²) in [6, 6.07) is 15.9. The van der Waals surface area contributed by atoms with Gasteiger partial charge in [0.1, 0.15) is 17.4 Å². The Labute approximate surface area is 146 Å². The number of nitriles is 1. The van der Waals surface area contributed by atoms with Crippen LogP contribution in [0.15, 0.2) is 54.1 Å². The van der Waals surface area contributed by atoms with E-state index in [1.165, 1.54) is 6.08 Å². The Balaban J connectivity index is 2.10. The number of nitrogens with one attached hydrogen (secondary N) is 1. The molecule has 2 rings (SSSR count). The average molecular weight is 341 g/mol. The number of hydrogen-bond donors (Lipinski definition) is 1. The molecule has 5 heteroatoms. The zero-order valence-corrected chi connectivity index (χ0v) is 14.0. The fraction of sp³-hybridized carbons (Fsp3) is 0.158. The SMILES string of the molecule is CCCOc1ccc(/C=C(/C#N)C(=O)Nc2cccc(Cl)c2)cc1. The maximum atomic E-state index is 12.2. The van der Waals surface area contributed by atoms with Crippen LogP contribution in [0.25, 0.3) is 6.08 Å². The van der Waals surface area contributed by atoms with Gasteiger partial charge in [0.25, 0.3) is 5.91 Å². The second kappa shape index (κ2) is 8.76. The van der Waals surface area contributed by atoms with Crippen molar-refractivity contribution in [2.24, 2.45) is 0 Å². The van der Waals surface area contributed by atoms with Crippen molar-refractivity contribution in [3.05, 3.63) is 64.7 Å². The normalized spacial score (nSPS) is 10.8. The molecule has 0 unspecified atom stereocenters. The summed E-state index contributed by atoms with van der Waals surface area (Å²) in [7, 11) is 0. The zero-order valence-electron chi connectivity index (χ0n) is 13.3. The number of benzene rings is 2. The molecule has 0 aliphatic heterocycles. The number of carbonyl (C=O) groups excluding carboxylic acids is 1. The topological polar surface area (TPSA) is 62.1 Å². The van der Waals surface area contributed by atoms with E-state index in [4.69, 9.17) is 16.3 Å². The number of hydrogen-bond acceptors (Lipinski definition) is 3. The van der Waals surface area contributed by atoms with E-state index in [0.717, 1.165) is 17.7 Å². The van der Waals surface area contributed by atoms with Crippen LogP contribution in [0.5, 0.6) is 5.75 Å². The fourth-order valence-corrected chi connectivity index (χ4v) is 2.15. The lowest BCUT2D eigenvalue weighted by Gasteiger charge is -2.06. The van der Waals surface area contributed by atoms with Gasteiger partial charge in [0.2, 0.25) is 0 Å². The maximum absolute atomic E-state index is 12.2. The van der Waals surface area contributed by atoms with E-state index in [9.17, 15) is 10.1 Å². The number of halogens is 1. The Hall–Kier alpha value is -2.77. The highest BCUT2D eigenvalue weighted by atomic mass is 35.5. The molecule has 0 spiro atoms. The standard InChI is InChI=1S/C19H17ClN2O2/c1-2-10-24-18-8-6-14(7-9-18)11-15(13-21)19(23)22-17-5-3-4-16(20)12-17/h3-9,11-12H,2,10H2,1H3,(H,22,23)/b15-11-. The lowest BCUT2D eigenvalue weighted by atomic mass is 10.1. The van der Waals surface area contributed by atoms with Gasteiger partial charge in [0.15, 0.2) is 0 Å². The van der Waals surface area contributed by atoms with Crippen LogP contribution in [0.4, 0.5) is 5.69 Å². The van der Waals surface area contributed by atoms with E-state index >= 15 is 0 Å². The van der Waals surface area contributed by atoms with E-state index in [1.54, 1.807) is 36.4 Å². The summed E-state index contributed by atoms with van der Waals surface area (Å²) in [4.78, 5) is 12.2. The molecule has 0 aromatic heterocycles. The first-order valence-corrected chi connectivity index (χ1v) is 7.91. The van der Waals surface area contributed by atoms with Gasteiger partial charge in [-0.3, -0.25) is 4.79 Å². The lowest BCUT2D eigenvalue weighted by molar-refractivity contribution is -0.112. The van der Waals surface area contributed by atoms with Gasteiger partial charge in [0.05, 0.1) is 6.61 Å². The molecule has 0 saturated heterocycles. The molecule has 0 saturated carbocycles. The molecular formula is C19H17ClN2O2. The van der Waals surface area contributed by atoms with Gasteiger partial charge in [-0.15, -0.1) is 0 Å². The average Bonchev–Trinajstić information content (AvgIpc) is 2.58. The molecule has 0 radical (unpaired) electrons. The van der Waals surface area contributed by atoms with Crippen molar-refractivity contribution >= 4 is 29.3 Å². The number of anilines is 1. The first-order chi connectivity index (χ1) is 11.6. The summed E-state index contributed by atoms with van der Waals surface area (Å²) in [5.41, 5.74) is 1.30. The van der Waals surface area contributed by atoms with E-state index in [-0.39, 0.29) is 5.57 Å². The monoisotopic (exact) mass is 340 g/mol. The molecule has 0 bridgehead atoms. The van der Waals surface area contributed by atoms with Crippen LogP contribution in [-0.2, 0) is 4.79 Å². The minimum Gasteiger partial charge on any atom is -0.494 e. The molecule has 1 amide bonds. The second-order valence-corrected chi connectivity index (χ2v) is 5.49. The van der Waals surface area contributed by atoms with Gasteiger partial charge in [0, 0.05) is 10.7 Å². The second-order valence-electron chi connectivity index (χ2n) is 5.05. The Morgan fingerprint density at radius 3 is 2.67 bits per heavy atom. The summed E-state index contributed by atoms with van der Waals surface area (Å²) >= 11 is 5.88. The third kappa shape index (κ3) is 5.15. The smallest absolute Gasteiger partial charge is 0.266 e. The van der Waals surface area contributed by atoms with Crippen LogP contribution < -0.4 is 10.1 Å². The molecule has 122 valence electrons. The molecule has 2 aromatic carbocycles. The molecule has 0 aliphatic rings. The van der Waals surface area contributed by atoms with Gasteiger partial charge < -0.3 is 10.1 Å². The molecule has 0 heterocycles. The van der Waals surface area contributed by atoms with Crippen molar-refractivity contribution in [3.8, 4) is 11.8 Å². The summed E-state index contributed by atoms with van der Waals surface area (Å²) in [5.74, 6) is 0.280. The zero-order chi connectivity index (χ0) is 17.4. The van der Waals surface area contributed by atoms with Crippen molar-refractivity contribution in [3.63, 3.8) is 0 Å². The molecule has 0 atom stereocenters. The minimum absolute atomic E-state index is 0.0113. The molecular weight excluding hydrogens is 324 g/mol. The van der Waals surface area contributed by atoms with E-state index in [2.05, 4.69) is 5.32 Å². The highest BCUT2D eigenvalue weighted by Gasteiger charge is 2.09. The third-order valence-electron chi connectivity index (χ3n) is 3.11. The first-order valence-electron chi connectivity index (χ1n) is 7.54. The largest absolute Gasteiger partial charge is 0.494 e. The van der Waals surface area contributed by atoms with Crippen molar-refractivity contribution in [2.75, 3.05) is 11.9 Å². The van der Waals surface area contributed by atoms with Crippen LogP contribution in [-0.4, -0.2) is 12.5 Å². The minimum atomic E-state index is -0.480. The predicted octanol–water partition coefficient (Wildman–Crippen LogP) is 4.67. The summed E-state index contributed by atoms with van der Waals surface area (Å²) < 4.78 is 5.50. The van der Waals surface area contributed by atoms with Crippen molar-refractivity contribution in [1.82, 2.24) is 0 Å². The summed E-state index contributed by atoms with van der Waals surface area (Å²) in [6.07, 6.45) is 2.47. The Morgan fingerprint density at radius 2 is 2.04 bits per heavy atom. The van der Waals surface area contributed by atoms with E-state index in [0.29, 0.717) is 17.3 Å². The molecule has 2 aromatic rings. The number of rotatable bonds is 6. The third-order valence-corrected chi connectivity index (χ3v) is 3.35. The number of nitrogens with zero attached hydrogens (tertiary/aromatic N) is 1. The van der Waals surface area contributed by atoms with E-state index in [1.807, 2.05) is 25.1 Å². The van der Waals surface area contributed by atoms with Gasteiger partial charge in [-0.1, -0.05) is 36.7 Å². The number of carbonyl (C=O) groups is 1. The molecule has 24 heavy (non-hydrogen) atoms. The maximum Gasteiger partial charge on any atom is 0.266 e. The fourth-order valence-electron chi connectivity index (χ4n) is 1.96. The van der Waals surface area contributed by atoms with Crippen LogP contribution in [0.2, 0.25) is 5.02 Å². The highest BCUT2D eigenvalue weighted by Crippen LogP contribution is 2.17. The van der Waals surface area contributed by atoms with Gasteiger partial charge in [-0.05, 0) is 48.4 Å². The van der Waals surface area contributed by atoms with Crippen molar-refractivity contribution in [2.45, 2.75) is 13.3 Å². The first kappa shape index (κ1) is 17.6. The summed E-state index contributed by atoms with van der Waals surface area (Å²) in [5, 5.41) is 12.4. The van der Waals surface area contributed by atoms with E-state index < -0.39 is 5.91 Å². The Bertz CT molecular complexity index is 777. The molecule has 1 N–H and O–H groups in total. The summed E-state index contributed by atoms with van der Waals surface area (Å²) in [6.45, 7) is 2.69. The highest BCUT2D eigenvalue weighted by molar-refractivity contribution is 6.31. The van der Waals surface area contributed by atoms with Crippen molar-refractivity contribution < 1.29 is 9.53 Å². The number of amides is 1. The Kier molecular flexibility index (Phi) is 6.41. The van der Waals surface area contributed by atoms with Crippen LogP contribution >= 0.6 is 11.6 Å². The lowest BCUT2D eigenvalue weighted by Crippen LogP contribution is -2.13. The molecule has 0 fully saturated rings. The molecule has 4 nitrogen and oxygen atoms in total. The van der Waals surface area contributed by atoms with Crippen molar-refractivity contribution in [1.29, 1.82) is 5.26 Å². The predicted molar refractivity (Wildman–Crippen MR) is 95.9 cm³/mol. The van der Waals surface area contributed by atoms with Gasteiger partial charge >= 0.3 is 0 Å². The number of ether oxygens (including phenoxy) is 1. The van der Waals surface area contributed by atoms with Crippen LogP contribution in [0.3, 0.4) is 0 Å². The van der Waals surface area contributed by atoms with Gasteiger partial charge in [-0.2, -0.15) is 5.26 Å².